The highest BCUT2D eigenvalue weighted by molar-refractivity contribution is 6.75. The molecule has 7 heteroatoms. The van der Waals surface area contributed by atoms with Gasteiger partial charge in [0.15, 0.2) is 6.67 Å². The van der Waals surface area contributed by atoms with Crippen molar-refractivity contribution in [3.8, 4) is 5.75 Å². The lowest BCUT2D eigenvalue weighted by atomic mass is 9.97. The predicted molar refractivity (Wildman–Crippen MR) is 67.4 cm³/mol. The Morgan fingerprint density at radius 1 is 1.35 bits per heavy atom. The highest BCUT2D eigenvalue weighted by Gasteiger charge is 2.32. The van der Waals surface area contributed by atoms with Crippen molar-refractivity contribution >= 4 is 28.4 Å². The standard InChI is InChI=1S/C13H10ClF3O3/c1-7-3-9(20-13(16,17)6-15)4-8(2)11(7)10(5-18)12(14)19/h3-4H,6H2,1-2H3. The van der Waals surface area contributed by atoms with Crippen LogP contribution in [0.2, 0.25) is 0 Å². The molecule has 0 fully saturated rings. The summed E-state index contributed by atoms with van der Waals surface area (Å²) in [6, 6.07) is 2.31. The smallest absolute Gasteiger partial charge is 0.427 e. The lowest BCUT2D eigenvalue weighted by Crippen LogP contribution is -2.27. The largest absolute Gasteiger partial charge is 0.431 e. The van der Waals surface area contributed by atoms with Crippen molar-refractivity contribution in [2.24, 2.45) is 0 Å². The number of carbonyl (C=O) groups excluding carboxylic acids is 2. The third-order valence-electron chi connectivity index (χ3n) is 2.48. The Kier molecular flexibility index (Phi) is 4.98. The van der Waals surface area contributed by atoms with Gasteiger partial charge in [0.2, 0.25) is 0 Å². The SMILES string of the molecule is Cc1cc(OC(F)(F)CF)cc(C)c1C(=C=O)C(=O)Cl. The number of alkyl halides is 3. The molecule has 0 heterocycles. The first-order valence-electron chi connectivity index (χ1n) is 5.41. The first-order chi connectivity index (χ1) is 9.21. The van der Waals surface area contributed by atoms with Gasteiger partial charge in [0, 0.05) is 5.56 Å². The van der Waals surface area contributed by atoms with Gasteiger partial charge in [-0.15, -0.1) is 0 Å². The molecule has 0 bridgehead atoms. The van der Waals surface area contributed by atoms with Crippen LogP contribution >= 0.6 is 11.6 Å². The minimum absolute atomic E-state index is 0.191. The molecule has 0 saturated heterocycles. The van der Waals surface area contributed by atoms with Crippen molar-refractivity contribution in [2.75, 3.05) is 6.67 Å². The van der Waals surface area contributed by atoms with Crippen LogP contribution in [0.5, 0.6) is 5.75 Å². The summed E-state index contributed by atoms with van der Waals surface area (Å²) in [6.45, 7) is 0.979. The van der Waals surface area contributed by atoms with Crippen molar-refractivity contribution in [3.63, 3.8) is 0 Å². The lowest BCUT2D eigenvalue weighted by Gasteiger charge is -2.17. The van der Waals surface area contributed by atoms with E-state index in [1.165, 1.54) is 19.8 Å². The zero-order valence-electron chi connectivity index (χ0n) is 10.6. The van der Waals surface area contributed by atoms with Crippen molar-refractivity contribution in [1.82, 2.24) is 0 Å². The number of ether oxygens (including phenoxy) is 1. The van der Waals surface area contributed by atoms with E-state index >= 15 is 0 Å². The molecule has 108 valence electrons. The van der Waals surface area contributed by atoms with Gasteiger partial charge in [-0.05, 0) is 48.7 Å². The summed E-state index contributed by atoms with van der Waals surface area (Å²) in [4.78, 5) is 21.8. The summed E-state index contributed by atoms with van der Waals surface area (Å²) in [5, 5.41) is -1.01. The maximum atomic E-state index is 12.8. The summed E-state index contributed by atoms with van der Waals surface area (Å²) >= 11 is 5.25. The van der Waals surface area contributed by atoms with Crippen LogP contribution in [0.15, 0.2) is 12.1 Å². The van der Waals surface area contributed by atoms with E-state index in [-0.39, 0.29) is 11.3 Å². The van der Waals surface area contributed by atoms with E-state index < -0.39 is 23.6 Å². The second-order valence-corrected chi connectivity index (χ2v) is 4.40. The lowest BCUT2D eigenvalue weighted by molar-refractivity contribution is -0.186. The molecular formula is C13H10ClF3O3. The van der Waals surface area contributed by atoms with Crippen molar-refractivity contribution in [2.45, 2.75) is 20.0 Å². The summed E-state index contributed by atoms with van der Waals surface area (Å²) in [7, 11) is 0. The minimum Gasteiger partial charge on any atom is -0.431 e. The Balaban J connectivity index is 3.29. The average molecular weight is 307 g/mol. The molecule has 0 spiro atoms. The van der Waals surface area contributed by atoms with Gasteiger partial charge in [-0.3, -0.25) is 4.79 Å². The molecule has 0 aliphatic heterocycles. The summed E-state index contributed by atoms with van der Waals surface area (Å²) in [5.41, 5.74) is 0.408. The quantitative estimate of drug-likeness (QED) is 0.476. The number of hydrogen-bond acceptors (Lipinski definition) is 3. The molecule has 0 aromatic heterocycles. The molecule has 0 amide bonds. The molecule has 0 aliphatic carbocycles. The fourth-order valence-corrected chi connectivity index (χ4v) is 1.90. The topological polar surface area (TPSA) is 43.4 Å². The van der Waals surface area contributed by atoms with Gasteiger partial charge in [0.05, 0.1) is 0 Å². The van der Waals surface area contributed by atoms with Crippen LogP contribution in [-0.2, 0) is 9.59 Å². The molecule has 3 nitrogen and oxygen atoms in total. The average Bonchev–Trinajstić information content (AvgIpc) is 2.32. The van der Waals surface area contributed by atoms with E-state index in [1.54, 1.807) is 0 Å². The van der Waals surface area contributed by atoms with Gasteiger partial charge in [0.1, 0.15) is 17.3 Å². The van der Waals surface area contributed by atoms with Crippen LogP contribution in [0.4, 0.5) is 13.2 Å². The van der Waals surface area contributed by atoms with Crippen LogP contribution in [0.1, 0.15) is 16.7 Å². The zero-order chi connectivity index (χ0) is 15.5. The summed E-state index contributed by atoms with van der Waals surface area (Å²) < 4.78 is 41.9. The molecule has 0 radical (unpaired) electrons. The van der Waals surface area contributed by atoms with Crippen LogP contribution in [0, 0.1) is 13.8 Å². The Morgan fingerprint density at radius 3 is 2.20 bits per heavy atom. The van der Waals surface area contributed by atoms with E-state index in [9.17, 15) is 22.8 Å². The molecule has 1 aromatic carbocycles. The van der Waals surface area contributed by atoms with Crippen molar-refractivity contribution in [3.05, 3.63) is 28.8 Å². The van der Waals surface area contributed by atoms with Crippen LogP contribution in [0.25, 0.3) is 5.57 Å². The molecular weight excluding hydrogens is 297 g/mol. The number of allylic oxidation sites excluding steroid dienone is 1. The van der Waals surface area contributed by atoms with Gasteiger partial charge in [0.25, 0.3) is 5.24 Å². The second-order valence-electron chi connectivity index (χ2n) is 4.06. The Hall–Kier alpha value is -1.78. The van der Waals surface area contributed by atoms with E-state index in [4.69, 9.17) is 11.6 Å². The van der Waals surface area contributed by atoms with E-state index in [0.29, 0.717) is 11.1 Å². The van der Waals surface area contributed by atoms with E-state index in [1.807, 2.05) is 0 Å². The second kappa shape index (κ2) is 6.11. The normalized spacial score (nSPS) is 10.9. The zero-order valence-corrected chi connectivity index (χ0v) is 11.4. The third kappa shape index (κ3) is 3.62. The molecule has 1 aromatic rings. The highest BCUT2D eigenvalue weighted by atomic mass is 35.5. The fourth-order valence-electron chi connectivity index (χ4n) is 1.77. The summed E-state index contributed by atoms with van der Waals surface area (Å²) in [5.74, 6) is 1.14. The molecule has 20 heavy (non-hydrogen) atoms. The number of aryl methyl sites for hydroxylation is 2. The minimum atomic E-state index is -3.94. The Morgan fingerprint density at radius 2 is 1.85 bits per heavy atom. The van der Waals surface area contributed by atoms with E-state index in [2.05, 4.69) is 4.74 Å². The number of rotatable bonds is 5. The Bertz CT molecular complexity index is 570. The van der Waals surface area contributed by atoms with E-state index in [0.717, 1.165) is 12.1 Å². The first kappa shape index (κ1) is 16.3. The number of benzene rings is 1. The number of carbonyl (C=O) groups is 1. The molecule has 1 rings (SSSR count). The van der Waals surface area contributed by atoms with Crippen LogP contribution in [-0.4, -0.2) is 24.0 Å². The third-order valence-corrected chi connectivity index (χ3v) is 2.67. The molecule has 0 N–H and O–H groups in total. The predicted octanol–water partition coefficient (Wildman–Crippen LogP) is 3.22. The van der Waals surface area contributed by atoms with Gasteiger partial charge in [-0.1, -0.05) is 0 Å². The molecule has 0 saturated carbocycles. The van der Waals surface area contributed by atoms with Crippen LogP contribution < -0.4 is 4.74 Å². The molecule has 0 unspecified atom stereocenters. The maximum absolute atomic E-state index is 12.8. The van der Waals surface area contributed by atoms with Crippen molar-refractivity contribution in [1.29, 1.82) is 0 Å². The van der Waals surface area contributed by atoms with Gasteiger partial charge >= 0.3 is 6.11 Å². The number of halogens is 4. The highest BCUT2D eigenvalue weighted by Crippen LogP contribution is 2.30. The fraction of sp³-hybridized carbons (Fsp3) is 0.308. The first-order valence-corrected chi connectivity index (χ1v) is 5.79. The van der Waals surface area contributed by atoms with Gasteiger partial charge in [-0.25, -0.2) is 9.18 Å². The van der Waals surface area contributed by atoms with Crippen molar-refractivity contribution < 1.29 is 27.5 Å². The monoisotopic (exact) mass is 306 g/mol. The maximum Gasteiger partial charge on any atom is 0.427 e. The Labute approximate surface area is 118 Å². The summed E-state index contributed by atoms with van der Waals surface area (Å²) in [6.07, 6.45) is -3.94. The molecule has 0 atom stereocenters. The van der Waals surface area contributed by atoms with Crippen LogP contribution in [0.3, 0.4) is 0 Å². The van der Waals surface area contributed by atoms with Gasteiger partial charge in [-0.2, -0.15) is 8.78 Å². The number of hydrogen-bond donors (Lipinski definition) is 0. The van der Waals surface area contributed by atoms with Gasteiger partial charge < -0.3 is 4.74 Å². The molecule has 0 aliphatic rings.